The number of rotatable bonds is 5. The number of carbonyl (C=O) groups is 2. The maximum Gasteiger partial charge on any atom is 0.328 e. The normalized spacial score (nSPS) is 11.7. The summed E-state index contributed by atoms with van der Waals surface area (Å²) in [6, 6.07) is 2.46. The molecule has 0 saturated carbocycles. The zero-order valence-corrected chi connectivity index (χ0v) is 9.99. The molecule has 0 saturated heterocycles. The Morgan fingerprint density at radius 3 is 2.58 bits per heavy atom. The third-order valence-corrected chi connectivity index (χ3v) is 2.53. The van der Waals surface area contributed by atoms with Crippen molar-refractivity contribution in [3.63, 3.8) is 0 Å². The number of hydrogen-bond acceptors (Lipinski definition) is 5. The minimum absolute atomic E-state index is 0.00565. The lowest BCUT2D eigenvalue weighted by Crippen LogP contribution is -2.43. The van der Waals surface area contributed by atoms with Gasteiger partial charge in [0.25, 0.3) is 11.6 Å². The first-order chi connectivity index (χ1) is 8.88. The Morgan fingerprint density at radius 2 is 2.11 bits per heavy atom. The van der Waals surface area contributed by atoms with Crippen LogP contribution in [0.4, 0.5) is 5.69 Å². The Balaban J connectivity index is 3.04. The molecule has 3 N–H and O–H groups in total. The molecule has 0 spiro atoms. The van der Waals surface area contributed by atoms with Crippen molar-refractivity contribution >= 4 is 17.6 Å². The molecule has 1 unspecified atom stereocenters. The number of nitro benzene ring substituents is 1. The first kappa shape index (κ1) is 14.6. The van der Waals surface area contributed by atoms with E-state index in [0.717, 1.165) is 0 Å². The number of nitrogens with zero attached hydrogens (tertiary/aromatic N) is 1. The van der Waals surface area contributed by atoms with Gasteiger partial charge in [-0.3, -0.25) is 14.9 Å². The van der Waals surface area contributed by atoms with Crippen LogP contribution in [-0.4, -0.2) is 39.7 Å². The second-order valence-corrected chi connectivity index (χ2v) is 3.75. The van der Waals surface area contributed by atoms with Crippen molar-refractivity contribution in [1.82, 2.24) is 5.32 Å². The topological polar surface area (TPSA) is 130 Å². The van der Waals surface area contributed by atoms with E-state index in [9.17, 15) is 19.7 Å². The smallest absolute Gasteiger partial charge is 0.328 e. The summed E-state index contributed by atoms with van der Waals surface area (Å²) in [4.78, 5) is 32.6. The lowest BCUT2D eigenvalue weighted by Gasteiger charge is -2.12. The predicted molar refractivity (Wildman–Crippen MR) is 63.8 cm³/mol. The molecule has 102 valence electrons. The van der Waals surface area contributed by atoms with E-state index in [1.54, 1.807) is 0 Å². The number of carbonyl (C=O) groups excluding carboxylic acids is 1. The van der Waals surface area contributed by atoms with Gasteiger partial charge in [0.15, 0.2) is 6.04 Å². The minimum Gasteiger partial charge on any atom is -0.480 e. The Morgan fingerprint density at radius 1 is 1.47 bits per heavy atom. The first-order valence-corrected chi connectivity index (χ1v) is 5.27. The second-order valence-electron chi connectivity index (χ2n) is 3.75. The van der Waals surface area contributed by atoms with E-state index in [4.69, 9.17) is 10.2 Å². The summed E-state index contributed by atoms with van der Waals surface area (Å²) in [5.41, 5.74) is -0.107. The summed E-state index contributed by atoms with van der Waals surface area (Å²) in [6.45, 7) is 0.622. The summed E-state index contributed by atoms with van der Waals surface area (Å²) in [5, 5.41) is 30.3. The molecule has 1 atom stereocenters. The van der Waals surface area contributed by atoms with Crippen LogP contribution in [0.2, 0.25) is 0 Å². The first-order valence-electron chi connectivity index (χ1n) is 5.27. The average molecular weight is 268 g/mol. The van der Waals surface area contributed by atoms with E-state index >= 15 is 0 Å². The van der Waals surface area contributed by atoms with Crippen LogP contribution in [0, 0.1) is 17.0 Å². The van der Waals surface area contributed by atoms with Crippen molar-refractivity contribution in [1.29, 1.82) is 0 Å². The molecule has 0 aliphatic rings. The largest absolute Gasteiger partial charge is 0.480 e. The van der Waals surface area contributed by atoms with E-state index in [1.165, 1.54) is 25.1 Å². The van der Waals surface area contributed by atoms with Gasteiger partial charge in [0.1, 0.15) is 0 Å². The molecule has 0 radical (unpaired) electrons. The summed E-state index contributed by atoms with van der Waals surface area (Å²) in [5.74, 6) is -2.18. The van der Waals surface area contributed by atoms with Gasteiger partial charge in [-0.05, 0) is 13.0 Å². The minimum atomic E-state index is -1.45. The third kappa shape index (κ3) is 3.26. The molecule has 0 aliphatic heterocycles. The molecule has 1 amide bonds. The maximum absolute atomic E-state index is 11.8. The van der Waals surface area contributed by atoms with E-state index in [0.29, 0.717) is 0 Å². The molecule has 0 aromatic heterocycles. The molecule has 19 heavy (non-hydrogen) atoms. The van der Waals surface area contributed by atoms with Gasteiger partial charge >= 0.3 is 5.97 Å². The molecular weight excluding hydrogens is 256 g/mol. The third-order valence-electron chi connectivity index (χ3n) is 2.53. The van der Waals surface area contributed by atoms with E-state index < -0.39 is 29.4 Å². The highest BCUT2D eigenvalue weighted by atomic mass is 16.6. The van der Waals surface area contributed by atoms with E-state index in [1.807, 2.05) is 0 Å². The summed E-state index contributed by atoms with van der Waals surface area (Å²) in [7, 11) is 0. The van der Waals surface area contributed by atoms with Gasteiger partial charge in [0, 0.05) is 17.2 Å². The van der Waals surface area contributed by atoms with Crippen molar-refractivity contribution in [2.45, 2.75) is 13.0 Å². The van der Waals surface area contributed by atoms with E-state index in [-0.39, 0.29) is 16.8 Å². The van der Waals surface area contributed by atoms with E-state index in [2.05, 4.69) is 5.32 Å². The Labute approximate surface area is 107 Å². The number of carboxylic acids is 1. The number of nitro groups is 1. The van der Waals surface area contributed by atoms with Crippen LogP contribution in [0.3, 0.4) is 0 Å². The lowest BCUT2D eigenvalue weighted by molar-refractivity contribution is -0.385. The van der Waals surface area contributed by atoms with Gasteiger partial charge < -0.3 is 15.5 Å². The number of benzene rings is 1. The van der Waals surface area contributed by atoms with Crippen LogP contribution < -0.4 is 5.32 Å². The summed E-state index contributed by atoms with van der Waals surface area (Å²) in [6.07, 6.45) is 0. The van der Waals surface area contributed by atoms with Gasteiger partial charge in [0.05, 0.1) is 11.5 Å². The number of aliphatic hydroxyl groups excluding tert-OH is 1. The van der Waals surface area contributed by atoms with Crippen LogP contribution >= 0.6 is 0 Å². The summed E-state index contributed by atoms with van der Waals surface area (Å²) < 4.78 is 0. The molecule has 0 fully saturated rings. The molecule has 0 aliphatic carbocycles. The Hall–Kier alpha value is -2.48. The quantitative estimate of drug-likeness (QED) is 0.512. The molecule has 8 heteroatoms. The molecule has 1 aromatic carbocycles. The molecule has 8 nitrogen and oxygen atoms in total. The zero-order valence-electron chi connectivity index (χ0n) is 9.99. The molecule has 0 bridgehead atoms. The standard InChI is InChI=1S/C11H12N2O6/c1-6-7(3-2-4-9(6)13(18)19)10(15)12-8(5-14)11(16)17/h2-4,8,14H,5H2,1H3,(H,12,15)(H,16,17). The van der Waals surface area contributed by atoms with Gasteiger partial charge in [-0.15, -0.1) is 0 Å². The van der Waals surface area contributed by atoms with Crippen molar-refractivity contribution in [2.75, 3.05) is 6.61 Å². The van der Waals surface area contributed by atoms with Crippen molar-refractivity contribution in [3.8, 4) is 0 Å². The fourth-order valence-electron chi connectivity index (χ4n) is 1.49. The monoisotopic (exact) mass is 268 g/mol. The highest BCUT2D eigenvalue weighted by Crippen LogP contribution is 2.20. The van der Waals surface area contributed by atoms with Crippen molar-refractivity contribution < 1.29 is 24.7 Å². The van der Waals surface area contributed by atoms with Crippen LogP contribution in [0.5, 0.6) is 0 Å². The van der Waals surface area contributed by atoms with Crippen LogP contribution in [0.25, 0.3) is 0 Å². The van der Waals surface area contributed by atoms with Gasteiger partial charge in [0.2, 0.25) is 0 Å². The maximum atomic E-state index is 11.8. The average Bonchev–Trinajstić information content (AvgIpc) is 2.35. The van der Waals surface area contributed by atoms with Crippen molar-refractivity contribution in [2.24, 2.45) is 0 Å². The number of nitrogens with one attached hydrogen (secondary N) is 1. The number of aliphatic carboxylic acids is 1. The highest BCUT2D eigenvalue weighted by Gasteiger charge is 2.23. The number of amides is 1. The zero-order chi connectivity index (χ0) is 14.6. The predicted octanol–water partition coefficient (Wildman–Crippen LogP) is 0.0785. The Kier molecular flexibility index (Phi) is 4.54. The van der Waals surface area contributed by atoms with Crippen LogP contribution in [0.1, 0.15) is 15.9 Å². The SMILES string of the molecule is Cc1c(C(=O)NC(CO)C(=O)O)cccc1[N+](=O)[O-]. The van der Waals surface area contributed by atoms with Crippen LogP contribution in [0.15, 0.2) is 18.2 Å². The molecular formula is C11H12N2O6. The fourth-order valence-corrected chi connectivity index (χ4v) is 1.49. The number of hydrogen-bond donors (Lipinski definition) is 3. The fraction of sp³-hybridized carbons (Fsp3) is 0.273. The molecule has 1 aromatic rings. The van der Waals surface area contributed by atoms with Crippen molar-refractivity contribution in [3.05, 3.63) is 39.4 Å². The number of aliphatic hydroxyl groups is 1. The number of carboxylic acid groups (broad SMARTS) is 1. The lowest BCUT2D eigenvalue weighted by atomic mass is 10.1. The van der Waals surface area contributed by atoms with Gasteiger partial charge in [-0.1, -0.05) is 6.07 Å². The van der Waals surface area contributed by atoms with Crippen LogP contribution in [-0.2, 0) is 4.79 Å². The van der Waals surface area contributed by atoms with Gasteiger partial charge in [-0.25, -0.2) is 4.79 Å². The second kappa shape index (κ2) is 5.91. The highest BCUT2D eigenvalue weighted by molar-refractivity contribution is 5.98. The molecule has 0 heterocycles. The van der Waals surface area contributed by atoms with Gasteiger partial charge in [-0.2, -0.15) is 0 Å². The summed E-state index contributed by atoms with van der Waals surface area (Å²) >= 11 is 0. The molecule has 1 rings (SSSR count). The Bertz CT molecular complexity index is 528.